The largest absolute Gasteiger partial charge is 0.399 e. The zero-order chi connectivity index (χ0) is 12.6. The Morgan fingerprint density at radius 3 is 2.65 bits per heavy atom. The van der Waals surface area contributed by atoms with E-state index in [-0.39, 0.29) is 11.9 Å². The number of amides is 1. The lowest BCUT2D eigenvalue weighted by molar-refractivity contribution is 0.0744. The number of rotatable bonds is 1. The van der Waals surface area contributed by atoms with Gasteiger partial charge in [0, 0.05) is 28.9 Å². The van der Waals surface area contributed by atoms with Gasteiger partial charge in [-0.05, 0) is 37.5 Å². The van der Waals surface area contributed by atoms with Crippen molar-refractivity contribution >= 4 is 23.2 Å². The fourth-order valence-electron chi connectivity index (χ4n) is 2.48. The summed E-state index contributed by atoms with van der Waals surface area (Å²) >= 11 is 5.92. The molecule has 2 unspecified atom stereocenters. The Kier molecular flexibility index (Phi) is 3.29. The van der Waals surface area contributed by atoms with E-state index < -0.39 is 0 Å². The number of benzene rings is 1. The van der Waals surface area contributed by atoms with E-state index in [4.69, 9.17) is 17.3 Å². The Morgan fingerprint density at radius 1 is 1.41 bits per heavy atom. The molecule has 1 aromatic rings. The van der Waals surface area contributed by atoms with Gasteiger partial charge < -0.3 is 10.6 Å². The van der Waals surface area contributed by atoms with Gasteiger partial charge in [0.2, 0.25) is 0 Å². The maximum Gasteiger partial charge on any atom is 0.254 e. The molecule has 1 fully saturated rings. The highest BCUT2D eigenvalue weighted by Gasteiger charge is 2.30. The number of likely N-dealkylation sites (tertiary alicyclic amines) is 1. The van der Waals surface area contributed by atoms with Crippen LogP contribution in [0.3, 0.4) is 0 Å². The highest BCUT2D eigenvalue weighted by molar-refractivity contribution is 6.31. The van der Waals surface area contributed by atoms with Gasteiger partial charge in [-0.15, -0.1) is 0 Å². The zero-order valence-corrected chi connectivity index (χ0v) is 10.9. The van der Waals surface area contributed by atoms with Crippen LogP contribution in [0.5, 0.6) is 0 Å². The summed E-state index contributed by atoms with van der Waals surface area (Å²) < 4.78 is 0. The second kappa shape index (κ2) is 4.57. The van der Waals surface area contributed by atoms with E-state index in [1.807, 2.05) is 4.90 Å². The van der Waals surface area contributed by atoms with Crippen LogP contribution in [0.15, 0.2) is 18.2 Å². The van der Waals surface area contributed by atoms with Crippen LogP contribution in [0.1, 0.15) is 30.6 Å². The van der Waals surface area contributed by atoms with Crippen molar-refractivity contribution in [2.75, 3.05) is 12.3 Å². The summed E-state index contributed by atoms with van der Waals surface area (Å²) in [6.07, 6.45) is 1.06. The van der Waals surface area contributed by atoms with Crippen LogP contribution < -0.4 is 5.73 Å². The molecule has 3 nitrogen and oxygen atoms in total. The average molecular weight is 253 g/mol. The van der Waals surface area contributed by atoms with Crippen LogP contribution >= 0.6 is 11.6 Å². The average Bonchev–Trinajstić information content (AvgIpc) is 2.55. The molecule has 1 aliphatic rings. The lowest BCUT2D eigenvalue weighted by atomic mass is 10.1. The fourth-order valence-corrected chi connectivity index (χ4v) is 2.73. The Labute approximate surface area is 107 Å². The second-order valence-corrected chi connectivity index (χ2v) is 5.36. The molecule has 1 aliphatic heterocycles. The number of halogens is 1. The molecule has 0 aromatic heterocycles. The monoisotopic (exact) mass is 252 g/mol. The van der Waals surface area contributed by atoms with E-state index in [1.165, 1.54) is 0 Å². The van der Waals surface area contributed by atoms with E-state index in [0.29, 0.717) is 22.2 Å². The van der Waals surface area contributed by atoms with Crippen molar-refractivity contribution in [2.45, 2.75) is 26.3 Å². The predicted molar refractivity (Wildman–Crippen MR) is 70.1 cm³/mol. The normalized spacial score (nSPS) is 24.1. The molecule has 0 radical (unpaired) electrons. The number of nitrogens with two attached hydrogens (primary N) is 1. The maximum atomic E-state index is 12.3. The minimum Gasteiger partial charge on any atom is -0.399 e. The quantitative estimate of drug-likeness (QED) is 0.782. The minimum absolute atomic E-state index is 0.0241. The van der Waals surface area contributed by atoms with Crippen LogP contribution in [0.2, 0.25) is 5.02 Å². The number of anilines is 1. The molecule has 0 aliphatic carbocycles. The van der Waals surface area contributed by atoms with Gasteiger partial charge in [-0.2, -0.15) is 0 Å². The Morgan fingerprint density at radius 2 is 2.12 bits per heavy atom. The number of hydrogen-bond acceptors (Lipinski definition) is 2. The third-order valence-corrected chi connectivity index (χ3v) is 3.43. The standard InChI is InChI=1S/C13H17ClN2O/c1-8-3-9(2)16(7-8)13(17)10-4-11(14)6-12(15)5-10/h4-6,8-9H,3,7,15H2,1-2H3. The van der Waals surface area contributed by atoms with E-state index in [9.17, 15) is 4.79 Å². The predicted octanol–water partition coefficient (Wildman–Crippen LogP) is 2.79. The summed E-state index contributed by atoms with van der Waals surface area (Å²) in [5, 5.41) is 0.508. The number of nitrogen functional groups attached to an aromatic ring is 1. The van der Waals surface area contributed by atoms with Crippen molar-refractivity contribution in [3.8, 4) is 0 Å². The summed E-state index contributed by atoms with van der Waals surface area (Å²) in [5.41, 5.74) is 6.81. The smallest absolute Gasteiger partial charge is 0.254 e. The summed E-state index contributed by atoms with van der Waals surface area (Å²) in [7, 11) is 0. The first-order valence-electron chi connectivity index (χ1n) is 5.84. The van der Waals surface area contributed by atoms with Crippen molar-refractivity contribution in [3.63, 3.8) is 0 Å². The van der Waals surface area contributed by atoms with E-state index >= 15 is 0 Å². The van der Waals surface area contributed by atoms with Gasteiger partial charge in [-0.25, -0.2) is 0 Å². The van der Waals surface area contributed by atoms with Crippen molar-refractivity contribution in [1.29, 1.82) is 0 Å². The van der Waals surface area contributed by atoms with E-state index in [2.05, 4.69) is 13.8 Å². The number of carbonyl (C=O) groups excluding carboxylic acids is 1. The van der Waals surface area contributed by atoms with Crippen LogP contribution in [-0.2, 0) is 0 Å². The molecule has 1 aromatic carbocycles. The van der Waals surface area contributed by atoms with Crippen molar-refractivity contribution in [1.82, 2.24) is 4.90 Å². The summed E-state index contributed by atoms with van der Waals surface area (Å²) in [6, 6.07) is 5.30. The molecule has 2 N–H and O–H groups in total. The lowest BCUT2D eigenvalue weighted by Gasteiger charge is -2.21. The number of nitrogens with zero attached hydrogens (tertiary/aromatic N) is 1. The fraction of sp³-hybridized carbons (Fsp3) is 0.462. The highest BCUT2D eigenvalue weighted by atomic mass is 35.5. The van der Waals surface area contributed by atoms with E-state index in [1.54, 1.807) is 18.2 Å². The van der Waals surface area contributed by atoms with Crippen molar-refractivity contribution < 1.29 is 4.79 Å². The third-order valence-electron chi connectivity index (χ3n) is 3.21. The second-order valence-electron chi connectivity index (χ2n) is 4.92. The van der Waals surface area contributed by atoms with Crippen molar-refractivity contribution in [3.05, 3.63) is 28.8 Å². The van der Waals surface area contributed by atoms with Gasteiger partial charge >= 0.3 is 0 Å². The first-order valence-corrected chi connectivity index (χ1v) is 6.22. The summed E-state index contributed by atoms with van der Waals surface area (Å²) in [6.45, 7) is 5.05. The molecule has 1 amide bonds. The Hall–Kier alpha value is -1.22. The van der Waals surface area contributed by atoms with Crippen LogP contribution in [0.25, 0.3) is 0 Å². The van der Waals surface area contributed by atoms with Crippen molar-refractivity contribution in [2.24, 2.45) is 5.92 Å². The highest BCUT2D eigenvalue weighted by Crippen LogP contribution is 2.26. The first-order chi connectivity index (χ1) is 7.97. The molecule has 2 rings (SSSR count). The summed E-state index contributed by atoms with van der Waals surface area (Å²) in [5.74, 6) is 0.585. The van der Waals surface area contributed by atoms with E-state index in [0.717, 1.165) is 13.0 Å². The van der Waals surface area contributed by atoms with Crippen LogP contribution in [0.4, 0.5) is 5.69 Å². The molecule has 4 heteroatoms. The van der Waals surface area contributed by atoms with Gasteiger partial charge in [0.25, 0.3) is 5.91 Å². The number of carbonyl (C=O) groups is 1. The van der Waals surface area contributed by atoms with Gasteiger partial charge in [0.1, 0.15) is 0 Å². The van der Waals surface area contributed by atoms with Gasteiger partial charge in [-0.3, -0.25) is 4.79 Å². The molecular formula is C13H17ClN2O. The van der Waals surface area contributed by atoms with Crippen LogP contribution in [0, 0.1) is 5.92 Å². The molecule has 2 atom stereocenters. The zero-order valence-electron chi connectivity index (χ0n) is 10.1. The SMILES string of the molecule is CC1CC(C)N(C(=O)c2cc(N)cc(Cl)c2)C1. The topological polar surface area (TPSA) is 46.3 Å². The molecule has 0 saturated carbocycles. The molecule has 17 heavy (non-hydrogen) atoms. The number of hydrogen-bond donors (Lipinski definition) is 1. The minimum atomic E-state index is 0.0241. The molecule has 1 heterocycles. The van der Waals surface area contributed by atoms with Gasteiger partial charge in [-0.1, -0.05) is 18.5 Å². The maximum absolute atomic E-state index is 12.3. The molecule has 0 bridgehead atoms. The third kappa shape index (κ3) is 2.55. The van der Waals surface area contributed by atoms with Gasteiger partial charge in [0.15, 0.2) is 0 Å². The molecule has 1 saturated heterocycles. The molecular weight excluding hydrogens is 236 g/mol. The Bertz CT molecular complexity index is 427. The summed E-state index contributed by atoms with van der Waals surface area (Å²) in [4.78, 5) is 14.2. The Balaban J connectivity index is 2.25. The molecule has 92 valence electrons. The first kappa shape index (κ1) is 12.2. The van der Waals surface area contributed by atoms with Gasteiger partial charge in [0.05, 0.1) is 0 Å². The van der Waals surface area contributed by atoms with Crippen LogP contribution in [-0.4, -0.2) is 23.4 Å². The molecule has 0 spiro atoms. The lowest BCUT2D eigenvalue weighted by Crippen LogP contribution is -2.33.